The number of nitrogens with one attached hydrogen (secondary N) is 1. The SMILES string of the molecule is CC1=C(C(=O)N(C)S(=O)C2CC2)C(c2ccc(Cl)c(Cl)c2)n2nc(C(F)(F)F)cc2N1. The fourth-order valence-electron chi connectivity index (χ4n) is 3.42. The number of halogens is 5. The summed E-state index contributed by atoms with van der Waals surface area (Å²) in [5.41, 5.74) is -0.222. The van der Waals surface area contributed by atoms with Gasteiger partial charge in [0.2, 0.25) is 0 Å². The zero-order valence-corrected chi connectivity index (χ0v) is 18.7. The highest BCUT2D eigenvalue weighted by molar-refractivity contribution is 7.84. The molecule has 1 aromatic heterocycles. The van der Waals surface area contributed by atoms with Gasteiger partial charge in [0.25, 0.3) is 5.91 Å². The molecule has 166 valence electrons. The van der Waals surface area contributed by atoms with Crippen molar-refractivity contribution in [1.29, 1.82) is 0 Å². The lowest BCUT2D eigenvalue weighted by atomic mass is 9.95. The molecule has 6 nitrogen and oxygen atoms in total. The van der Waals surface area contributed by atoms with Crippen LogP contribution in [0, 0.1) is 0 Å². The summed E-state index contributed by atoms with van der Waals surface area (Å²) in [4.78, 5) is 13.3. The topological polar surface area (TPSA) is 67.2 Å². The summed E-state index contributed by atoms with van der Waals surface area (Å²) in [6, 6.07) is 4.41. The molecule has 2 aliphatic rings. The van der Waals surface area contributed by atoms with Crippen molar-refractivity contribution >= 4 is 45.9 Å². The summed E-state index contributed by atoms with van der Waals surface area (Å²) in [5, 5.41) is 6.90. The van der Waals surface area contributed by atoms with Gasteiger partial charge in [0.15, 0.2) is 5.69 Å². The van der Waals surface area contributed by atoms with Gasteiger partial charge in [0.1, 0.15) is 22.8 Å². The second-order valence-corrected chi connectivity index (χ2v) is 9.96. The van der Waals surface area contributed by atoms with Crippen LogP contribution in [-0.4, -0.2) is 36.5 Å². The van der Waals surface area contributed by atoms with Crippen molar-refractivity contribution in [3.05, 3.63) is 56.8 Å². The molecular weight excluding hydrogens is 476 g/mol. The van der Waals surface area contributed by atoms with Crippen LogP contribution in [0.1, 0.15) is 37.1 Å². The van der Waals surface area contributed by atoms with Gasteiger partial charge in [0, 0.05) is 18.8 Å². The number of hydrogen-bond donors (Lipinski definition) is 1. The minimum absolute atomic E-state index is 0.0726. The molecule has 2 unspecified atom stereocenters. The number of rotatable bonds is 4. The maximum absolute atomic E-state index is 13.3. The Labute approximate surface area is 188 Å². The summed E-state index contributed by atoms with van der Waals surface area (Å²) in [6.07, 6.45) is -3.15. The Morgan fingerprint density at radius 2 is 1.94 bits per heavy atom. The van der Waals surface area contributed by atoms with Crippen LogP contribution >= 0.6 is 23.2 Å². The Balaban J connectivity index is 1.85. The molecule has 0 bridgehead atoms. The second-order valence-electron chi connectivity index (χ2n) is 7.38. The van der Waals surface area contributed by atoms with Crippen LogP contribution in [0.4, 0.5) is 19.0 Å². The van der Waals surface area contributed by atoms with Crippen molar-refractivity contribution in [2.45, 2.75) is 37.2 Å². The molecule has 1 aliphatic carbocycles. The molecule has 1 N–H and O–H groups in total. The van der Waals surface area contributed by atoms with Crippen LogP contribution in [0.3, 0.4) is 0 Å². The van der Waals surface area contributed by atoms with E-state index in [1.807, 2.05) is 0 Å². The summed E-state index contributed by atoms with van der Waals surface area (Å²) in [7, 11) is -0.114. The van der Waals surface area contributed by atoms with Gasteiger partial charge in [-0.25, -0.2) is 8.89 Å². The van der Waals surface area contributed by atoms with E-state index in [9.17, 15) is 22.2 Å². The Kier molecular flexibility index (Phi) is 5.60. The van der Waals surface area contributed by atoms with E-state index >= 15 is 0 Å². The van der Waals surface area contributed by atoms with Crippen LogP contribution in [0.25, 0.3) is 0 Å². The molecule has 2 aromatic rings. The van der Waals surface area contributed by atoms with Crippen molar-refractivity contribution in [1.82, 2.24) is 14.1 Å². The summed E-state index contributed by atoms with van der Waals surface area (Å²) >= 11 is 12.1. The molecule has 0 saturated heterocycles. The fourth-order valence-corrected chi connectivity index (χ4v) is 4.98. The average Bonchev–Trinajstić information content (AvgIpc) is 3.45. The molecule has 1 fully saturated rings. The third-order valence-corrected chi connectivity index (χ3v) is 7.61. The van der Waals surface area contributed by atoms with E-state index in [-0.39, 0.29) is 26.7 Å². The number of carbonyl (C=O) groups excluding carboxylic acids is 1. The molecule has 2 heterocycles. The van der Waals surface area contributed by atoms with E-state index in [0.717, 1.165) is 27.9 Å². The van der Waals surface area contributed by atoms with E-state index in [1.165, 1.54) is 19.2 Å². The van der Waals surface area contributed by atoms with Crippen molar-refractivity contribution in [2.75, 3.05) is 12.4 Å². The normalized spacial score (nSPS) is 19.6. The lowest BCUT2D eigenvalue weighted by molar-refractivity contribution is -0.141. The quantitative estimate of drug-likeness (QED) is 0.666. The Morgan fingerprint density at radius 1 is 1.26 bits per heavy atom. The minimum atomic E-state index is -4.67. The van der Waals surface area contributed by atoms with Crippen molar-refractivity contribution in [3.63, 3.8) is 0 Å². The lowest BCUT2D eigenvalue weighted by Gasteiger charge is -2.31. The number of nitrogens with zero attached hydrogens (tertiary/aromatic N) is 3. The van der Waals surface area contributed by atoms with E-state index in [0.29, 0.717) is 11.3 Å². The van der Waals surface area contributed by atoms with Gasteiger partial charge in [-0.15, -0.1) is 0 Å². The van der Waals surface area contributed by atoms with Crippen LogP contribution in [0.15, 0.2) is 35.5 Å². The third kappa shape index (κ3) is 4.08. The molecule has 0 radical (unpaired) electrons. The Morgan fingerprint density at radius 3 is 2.52 bits per heavy atom. The predicted molar refractivity (Wildman–Crippen MR) is 112 cm³/mol. The molecule has 31 heavy (non-hydrogen) atoms. The van der Waals surface area contributed by atoms with Crippen LogP contribution in [0.5, 0.6) is 0 Å². The van der Waals surface area contributed by atoms with E-state index in [1.54, 1.807) is 13.0 Å². The van der Waals surface area contributed by atoms with Crippen molar-refractivity contribution in [2.24, 2.45) is 0 Å². The molecule has 1 aliphatic heterocycles. The van der Waals surface area contributed by atoms with E-state index in [2.05, 4.69) is 10.4 Å². The Bertz CT molecular complexity index is 1130. The molecule has 1 amide bonds. The number of benzene rings is 1. The van der Waals surface area contributed by atoms with Gasteiger partial charge in [-0.1, -0.05) is 29.3 Å². The van der Waals surface area contributed by atoms with Crippen LogP contribution in [-0.2, 0) is 22.0 Å². The van der Waals surface area contributed by atoms with Gasteiger partial charge < -0.3 is 5.32 Å². The highest BCUT2D eigenvalue weighted by atomic mass is 35.5. The first kappa shape index (κ1) is 22.2. The highest BCUT2D eigenvalue weighted by Gasteiger charge is 2.42. The molecule has 1 aromatic carbocycles. The molecule has 0 spiro atoms. The maximum Gasteiger partial charge on any atom is 0.435 e. The Hall–Kier alpha value is -2.04. The molecule has 12 heteroatoms. The number of alkyl halides is 3. The first-order valence-corrected chi connectivity index (χ1v) is 11.2. The summed E-state index contributed by atoms with van der Waals surface area (Å²) < 4.78 is 54.8. The summed E-state index contributed by atoms with van der Waals surface area (Å²) in [6.45, 7) is 1.58. The van der Waals surface area contributed by atoms with Crippen molar-refractivity contribution in [3.8, 4) is 0 Å². The maximum atomic E-state index is 13.3. The van der Waals surface area contributed by atoms with Crippen LogP contribution in [0.2, 0.25) is 10.0 Å². The lowest BCUT2D eigenvalue weighted by Crippen LogP contribution is -2.38. The van der Waals surface area contributed by atoms with Gasteiger partial charge >= 0.3 is 6.18 Å². The third-order valence-electron chi connectivity index (χ3n) is 5.12. The van der Waals surface area contributed by atoms with E-state index in [4.69, 9.17) is 23.2 Å². The fraction of sp³-hybridized carbons (Fsp3) is 0.368. The van der Waals surface area contributed by atoms with Crippen LogP contribution < -0.4 is 5.32 Å². The molecular formula is C19H17Cl2F3N4O2S. The van der Waals surface area contributed by atoms with Gasteiger partial charge in [0.05, 0.1) is 20.9 Å². The second kappa shape index (κ2) is 7.83. The number of anilines is 1. The average molecular weight is 493 g/mol. The molecule has 2 atom stereocenters. The van der Waals surface area contributed by atoms with Gasteiger partial charge in [-0.05, 0) is 37.5 Å². The minimum Gasteiger partial charge on any atom is -0.344 e. The summed E-state index contributed by atoms with van der Waals surface area (Å²) in [5.74, 6) is -0.496. The number of carbonyl (C=O) groups is 1. The smallest absolute Gasteiger partial charge is 0.344 e. The van der Waals surface area contributed by atoms with Gasteiger partial charge in [-0.3, -0.25) is 9.10 Å². The predicted octanol–water partition coefficient (Wildman–Crippen LogP) is 4.78. The number of likely N-dealkylation sites (N-methyl/N-ethyl adjacent to an activating group) is 1. The monoisotopic (exact) mass is 492 g/mol. The highest BCUT2D eigenvalue weighted by Crippen LogP contribution is 2.41. The number of hydrogen-bond acceptors (Lipinski definition) is 4. The largest absolute Gasteiger partial charge is 0.435 e. The van der Waals surface area contributed by atoms with Gasteiger partial charge in [-0.2, -0.15) is 18.3 Å². The number of amides is 1. The molecule has 1 saturated carbocycles. The number of fused-ring (bicyclic) bond motifs is 1. The zero-order valence-electron chi connectivity index (χ0n) is 16.3. The zero-order chi connectivity index (χ0) is 22.7. The van der Waals surface area contributed by atoms with E-state index < -0.39 is 34.8 Å². The first-order valence-electron chi connectivity index (χ1n) is 9.27. The first-order chi connectivity index (χ1) is 14.5. The van der Waals surface area contributed by atoms with Crippen molar-refractivity contribution < 1.29 is 22.2 Å². The number of allylic oxidation sites excluding steroid dienone is 1. The molecule has 4 rings (SSSR count). The standard InChI is InChI=1S/C19H17Cl2F3N4O2S/c1-9-16(18(29)27(2)31(30)11-4-5-11)17(10-3-6-12(20)13(21)7-10)28-15(25-9)8-14(26-28)19(22,23)24/h3,6-8,11,17,25H,4-5H2,1-2H3. The number of aromatic nitrogens is 2.